The van der Waals surface area contributed by atoms with Crippen molar-refractivity contribution >= 4 is 22.5 Å². The number of hydrogen-bond donors (Lipinski definition) is 1. The number of hydrogen-bond acceptors (Lipinski definition) is 4. The molecule has 0 spiro atoms. The normalized spacial score (nSPS) is 10.7. The molecule has 3 rings (SSSR count). The summed E-state index contributed by atoms with van der Waals surface area (Å²) in [4.78, 5) is 24.8. The van der Waals surface area contributed by atoms with Crippen molar-refractivity contribution in [2.24, 2.45) is 0 Å². The molecule has 0 aliphatic heterocycles. The maximum atomic E-state index is 12.5. The van der Waals surface area contributed by atoms with E-state index in [0.29, 0.717) is 29.1 Å². The average molecular weight is 355 g/mol. The molecule has 0 radical (unpaired) electrons. The van der Waals surface area contributed by atoms with Gasteiger partial charge in [0.15, 0.2) is 0 Å². The highest BCUT2D eigenvalue weighted by atomic mass is 16.5. The van der Waals surface area contributed by atoms with Crippen LogP contribution in [0.1, 0.15) is 6.92 Å². The molecule has 0 aliphatic carbocycles. The summed E-state index contributed by atoms with van der Waals surface area (Å²) in [5, 5.41) is 3.43. The number of amides is 1. The molecule has 26 heavy (non-hydrogen) atoms. The molecule has 0 bridgehead atoms. The lowest BCUT2D eigenvalue weighted by molar-refractivity contribution is -0.116. The first-order valence-corrected chi connectivity index (χ1v) is 8.27. The van der Waals surface area contributed by atoms with Crippen molar-refractivity contribution in [3.05, 3.63) is 53.1 Å². The third kappa shape index (κ3) is 3.28. The summed E-state index contributed by atoms with van der Waals surface area (Å²) >= 11 is 0. The highest BCUT2D eigenvalue weighted by Gasteiger charge is 2.12. The quantitative estimate of drug-likeness (QED) is 0.737. The summed E-state index contributed by atoms with van der Waals surface area (Å²) < 4.78 is 13.8. The van der Waals surface area contributed by atoms with Crippen molar-refractivity contribution in [3.63, 3.8) is 0 Å². The summed E-state index contributed by atoms with van der Waals surface area (Å²) in [5.41, 5.74) is 1.20. The summed E-state index contributed by atoms with van der Waals surface area (Å²) in [7, 11) is 3.10. The number of methoxy groups -OCH3 is 2. The standard InChI is InChI=1S/C19H21N3O4/c1-4-21-10-8-16-14(19(21)24)7-9-22(16)12-18(23)20-15-11-13(25-2)5-6-17(15)26-3/h5-11H,4,12H2,1-3H3,(H,20,23). The number of nitrogens with one attached hydrogen (secondary N) is 1. The van der Waals surface area contributed by atoms with E-state index in [9.17, 15) is 9.59 Å². The molecule has 0 unspecified atom stereocenters. The zero-order valence-electron chi connectivity index (χ0n) is 15.0. The molecule has 1 N–H and O–H groups in total. The fraction of sp³-hybridized carbons (Fsp3) is 0.263. The average Bonchev–Trinajstić information content (AvgIpc) is 3.05. The van der Waals surface area contributed by atoms with Crippen LogP contribution >= 0.6 is 0 Å². The van der Waals surface area contributed by atoms with Crippen molar-refractivity contribution in [2.75, 3.05) is 19.5 Å². The van der Waals surface area contributed by atoms with E-state index in [-0.39, 0.29) is 18.0 Å². The lowest BCUT2D eigenvalue weighted by atomic mass is 10.2. The Hall–Kier alpha value is -3.22. The van der Waals surface area contributed by atoms with E-state index in [1.54, 1.807) is 52.9 Å². The van der Waals surface area contributed by atoms with Gasteiger partial charge in [0.2, 0.25) is 5.91 Å². The predicted octanol–water partition coefficient (Wildman–Crippen LogP) is 2.48. The highest BCUT2D eigenvalue weighted by molar-refractivity contribution is 5.93. The van der Waals surface area contributed by atoms with Crippen LogP contribution in [-0.4, -0.2) is 29.3 Å². The molecule has 1 aromatic carbocycles. The highest BCUT2D eigenvalue weighted by Crippen LogP contribution is 2.28. The topological polar surface area (TPSA) is 74.5 Å². The van der Waals surface area contributed by atoms with E-state index in [1.165, 1.54) is 7.11 Å². The van der Waals surface area contributed by atoms with Crippen LogP contribution in [0, 0.1) is 0 Å². The Balaban J connectivity index is 1.84. The molecule has 2 aromatic heterocycles. The van der Waals surface area contributed by atoms with Crippen molar-refractivity contribution < 1.29 is 14.3 Å². The molecule has 0 aliphatic rings. The van der Waals surface area contributed by atoms with Gasteiger partial charge in [-0.1, -0.05) is 0 Å². The van der Waals surface area contributed by atoms with Crippen LogP contribution in [0.2, 0.25) is 0 Å². The molecule has 0 saturated carbocycles. The van der Waals surface area contributed by atoms with Gasteiger partial charge in [-0.25, -0.2) is 0 Å². The molecule has 0 fully saturated rings. The number of carbonyl (C=O) groups is 1. The van der Waals surface area contributed by atoms with Crippen LogP contribution in [0.5, 0.6) is 11.5 Å². The first-order chi connectivity index (χ1) is 12.6. The van der Waals surface area contributed by atoms with Gasteiger partial charge in [-0.3, -0.25) is 9.59 Å². The van der Waals surface area contributed by atoms with Gasteiger partial charge in [0.25, 0.3) is 5.56 Å². The molecule has 0 saturated heterocycles. The number of aromatic nitrogens is 2. The zero-order chi connectivity index (χ0) is 18.7. The van der Waals surface area contributed by atoms with Crippen LogP contribution in [0.25, 0.3) is 10.9 Å². The monoisotopic (exact) mass is 355 g/mol. The number of benzene rings is 1. The van der Waals surface area contributed by atoms with Gasteiger partial charge in [0, 0.05) is 25.0 Å². The van der Waals surface area contributed by atoms with E-state index in [4.69, 9.17) is 9.47 Å². The van der Waals surface area contributed by atoms with Crippen LogP contribution in [-0.2, 0) is 17.9 Å². The largest absolute Gasteiger partial charge is 0.497 e. The number of carbonyl (C=O) groups excluding carboxylic acids is 1. The minimum absolute atomic E-state index is 0.0568. The van der Waals surface area contributed by atoms with E-state index >= 15 is 0 Å². The predicted molar refractivity (Wildman–Crippen MR) is 100 cm³/mol. The second kappa shape index (κ2) is 7.35. The molecule has 3 aromatic rings. The zero-order valence-corrected chi connectivity index (χ0v) is 15.0. The third-order valence-corrected chi connectivity index (χ3v) is 4.25. The van der Waals surface area contributed by atoms with E-state index in [2.05, 4.69) is 5.32 Å². The second-order valence-electron chi connectivity index (χ2n) is 5.76. The Morgan fingerprint density at radius 1 is 1.08 bits per heavy atom. The molecular formula is C19H21N3O4. The third-order valence-electron chi connectivity index (χ3n) is 4.25. The van der Waals surface area contributed by atoms with Crippen molar-refractivity contribution in [3.8, 4) is 11.5 Å². The van der Waals surface area contributed by atoms with Crippen LogP contribution in [0.4, 0.5) is 5.69 Å². The second-order valence-corrected chi connectivity index (χ2v) is 5.76. The summed E-state index contributed by atoms with van der Waals surface area (Å²) in [6.07, 6.45) is 3.48. The SMILES string of the molecule is CCn1ccc2c(ccn2CC(=O)Nc2cc(OC)ccc2OC)c1=O. The van der Waals surface area contributed by atoms with E-state index < -0.39 is 0 Å². The van der Waals surface area contributed by atoms with E-state index in [0.717, 1.165) is 5.52 Å². The van der Waals surface area contributed by atoms with Crippen LogP contribution in [0.3, 0.4) is 0 Å². The molecule has 2 heterocycles. The molecule has 1 amide bonds. The van der Waals surface area contributed by atoms with Gasteiger partial charge in [0.1, 0.15) is 18.0 Å². The first kappa shape index (κ1) is 17.6. The van der Waals surface area contributed by atoms with Gasteiger partial charge in [-0.05, 0) is 31.2 Å². The van der Waals surface area contributed by atoms with Gasteiger partial charge in [0.05, 0.1) is 30.8 Å². The number of ether oxygens (including phenoxy) is 2. The lowest BCUT2D eigenvalue weighted by Crippen LogP contribution is -2.20. The Morgan fingerprint density at radius 2 is 1.85 bits per heavy atom. The maximum Gasteiger partial charge on any atom is 0.259 e. The molecule has 7 heteroatoms. The summed E-state index contributed by atoms with van der Waals surface area (Å²) in [6, 6.07) is 8.77. The van der Waals surface area contributed by atoms with Gasteiger partial charge < -0.3 is 23.9 Å². The molecule has 7 nitrogen and oxygen atoms in total. The van der Waals surface area contributed by atoms with Gasteiger partial charge >= 0.3 is 0 Å². The van der Waals surface area contributed by atoms with Crippen molar-refractivity contribution in [1.82, 2.24) is 9.13 Å². The summed E-state index contributed by atoms with van der Waals surface area (Å²) in [5.74, 6) is 0.934. The smallest absolute Gasteiger partial charge is 0.259 e. The molecule has 136 valence electrons. The Bertz CT molecular complexity index is 1000. The number of pyridine rings is 1. The Morgan fingerprint density at radius 3 is 2.54 bits per heavy atom. The number of rotatable bonds is 6. The maximum absolute atomic E-state index is 12.5. The van der Waals surface area contributed by atoms with E-state index in [1.807, 2.05) is 13.0 Å². The number of aryl methyl sites for hydroxylation is 1. The van der Waals surface area contributed by atoms with Crippen molar-refractivity contribution in [2.45, 2.75) is 20.0 Å². The minimum Gasteiger partial charge on any atom is -0.497 e. The molecule has 0 atom stereocenters. The fourth-order valence-electron chi connectivity index (χ4n) is 2.88. The Labute approximate surface area is 150 Å². The van der Waals surface area contributed by atoms with Crippen molar-refractivity contribution in [1.29, 1.82) is 0 Å². The number of nitrogens with zero attached hydrogens (tertiary/aromatic N) is 2. The summed E-state index contributed by atoms with van der Waals surface area (Å²) in [6.45, 7) is 2.61. The lowest BCUT2D eigenvalue weighted by Gasteiger charge is -2.12. The van der Waals surface area contributed by atoms with Gasteiger partial charge in [-0.15, -0.1) is 0 Å². The first-order valence-electron chi connectivity index (χ1n) is 8.27. The van der Waals surface area contributed by atoms with Crippen LogP contribution < -0.4 is 20.3 Å². The number of fused-ring (bicyclic) bond motifs is 1. The number of anilines is 1. The minimum atomic E-state index is -0.228. The fourth-order valence-corrected chi connectivity index (χ4v) is 2.88. The molecular weight excluding hydrogens is 334 g/mol. The van der Waals surface area contributed by atoms with Gasteiger partial charge in [-0.2, -0.15) is 0 Å². The Kier molecular flexibility index (Phi) is 4.97. The van der Waals surface area contributed by atoms with Crippen LogP contribution in [0.15, 0.2) is 47.5 Å².